The highest BCUT2D eigenvalue weighted by Crippen LogP contribution is 2.22. The van der Waals surface area contributed by atoms with Crippen molar-refractivity contribution >= 4 is 23.2 Å². The SMILES string of the molecule is CC(=O)N1CCN(c2cccc(NC(=O)c3ccc(F)c(F)c3F)c2)CC1. The van der Waals surface area contributed by atoms with Crippen LogP contribution in [0.15, 0.2) is 36.4 Å². The Labute approximate surface area is 154 Å². The molecule has 5 nitrogen and oxygen atoms in total. The summed E-state index contributed by atoms with van der Waals surface area (Å²) < 4.78 is 40.1. The maximum absolute atomic E-state index is 13.8. The van der Waals surface area contributed by atoms with Crippen LogP contribution < -0.4 is 10.2 Å². The van der Waals surface area contributed by atoms with Gasteiger partial charge in [-0.05, 0) is 30.3 Å². The number of halogens is 3. The summed E-state index contributed by atoms with van der Waals surface area (Å²) in [7, 11) is 0. The number of carbonyl (C=O) groups is 2. The van der Waals surface area contributed by atoms with Gasteiger partial charge >= 0.3 is 0 Å². The number of carbonyl (C=O) groups excluding carboxylic acids is 2. The zero-order valence-corrected chi connectivity index (χ0v) is 14.6. The smallest absolute Gasteiger partial charge is 0.258 e. The van der Waals surface area contributed by atoms with E-state index in [1.807, 2.05) is 6.07 Å². The van der Waals surface area contributed by atoms with E-state index in [0.717, 1.165) is 11.8 Å². The molecule has 1 aliphatic rings. The fourth-order valence-corrected chi connectivity index (χ4v) is 2.96. The van der Waals surface area contributed by atoms with E-state index in [1.54, 1.807) is 23.1 Å². The van der Waals surface area contributed by atoms with E-state index >= 15 is 0 Å². The second-order valence-electron chi connectivity index (χ2n) is 6.22. The van der Waals surface area contributed by atoms with Crippen molar-refractivity contribution in [3.8, 4) is 0 Å². The molecule has 0 aromatic heterocycles. The highest BCUT2D eigenvalue weighted by Gasteiger charge is 2.21. The Morgan fingerprint density at radius 3 is 2.33 bits per heavy atom. The van der Waals surface area contributed by atoms with Crippen LogP contribution in [0.2, 0.25) is 0 Å². The molecule has 142 valence electrons. The Balaban J connectivity index is 1.72. The Morgan fingerprint density at radius 1 is 0.963 bits per heavy atom. The molecule has 8 heteroatoms. The van der Waals surface area contributed by atoms with E-state index in [2.05, 4.69) is 10.2 Å². The molecule has 0 bridgehead atoms. The quantitative estimate of drug-likeness (QED) is 0.837. The van der Waals surface area contributed by atoms with Crippen molar-refractivity contribution in [3.63, 3.8) is 0 Å². The van der Waals surface area contributed by atoms with Crippen LogP contribution in [0.25, 0.3) is 0 Å². The summed E-state index contributed by atoms with van der Waals surface area (Å²) in [6.07, 6.45) is 0. The van der Waals surface area contributed by atoms with Crippen LogP contribution in [0.5, 0.6) is 0 Å². The monoisotopic (exact) mass is 377 g/mol. The second-order valence-corrected chi connectivity index (χ2v) is 6.22. The summed E-state index contributed by atoms with van der Waals surface area (Å²) in [5, 5.41) is 2.49. The number of rotatable bonds is 3. The minimum atomic E-state index is -1.68. The van der Waals surface area contributed by atoms with Crippen LogP contribution in [0, 0.1) is 17.5 Å². The Hall–Kier alpha value is -3.03. The minimum absolute atomic E-state index is 0.0317. The highest BCUT2D eigenvalue weighted by atomic mass is 19.2. The lowest BCUT2D eigenvalue weighted by atomic mass is 10.1. The van der Waals surface area contributed by atoms with Gasteiger partial charge in [-0.2, -0.15) is 0 Å². The zero-order valence-electron chi connectivity index (χ0n) is 14.6. The van der Waals surface area contributed by atoms with Gasteiger partial charge in [0.05, 0.1) is 5.56 Å². The second kappa shape index (κ2) is 7.69. The van der Waals surface area contributed by atoms with Gasteiger partial charge in [0.25, 0.3) is 5.91 Å². The van der Waals surface area contributed by atoms with Gasteiger partial charge in [-0.15, -0.1) is 0 Å². The van der Waals surface area contributed by atoms with E-state index < -0.39 is 28.9 Å². The first kappa shape index (κ1) is 18.8. The molecule has 0 saturated carbocycles. The first-order chi connectivity index (χ1) is 12.9. The number of amides is 2. The maximum Gasteiger partial charge on any atom is 0.258 e. The molecule has 1 heterocycles. The molecule has 1 saturated heterocycles. The van der Waals surface area contributed by atoms with Gasteiger partial charge in [0.2, 0.25) is 5.91 Å². The summed E-state index contributed by atoms with van der Waals surface area (Å²) in [6, 6.07) is 8.51. The van der Waals surface area contributed by atoms with Crippen molar-refractivity contribution in [2.24, 2.45) is 0 Å². The lowest BCUT2D eigenvalue weighted by Crippen LogP contribution is -2.48. The number of hydrogen-bond acceptors (Lipinski definition) is 3. The van der Waals surface area contributed by atoms with Crippen LogP contribution in [-0.2, 0) is 4.79 Å². The van der Waals surface area contributed by atoms with E-state index in [-0.39, 0.29) is 5.91 Å². The Kier molecular flexibility index (Phi) is 5.34. The van der Waals surface area contributed by atoms with Gasteiger partial charge in [-0.3, -0.25) is 9.59 Å². The summed E-state index contributed by atoms with van der Waals surface area (Å²) in [5.41, 5.74) is 0.659. The standard InChI is InChI=1S/C19H18F3N3O2/c1-12(26)24-7-9-25(10-8-24)14-4-2-3-13(11-14)23-19(27)15-5-6-16(20)18(22)17(15)21/h2-6,11H,7-10H2,1H3,(H,23,27). The Bertz CT molecular complexity index is 880. The zero-order chi connectivity index (χ0) is 19.6. The molecule has 0 unspecified atom stereocenters. The van der Waals surface area contributed by atoms with Gasteiger partial charge < -0.3 is 15.1 Å². The maximum atomic E-state index is 13.8. The number of nitrogens with one attached hydrogen (secondary N) is 1. The van der Waals surface area contributed by atoms with Crippen LogP contribution >= 0.6 is 0 Å². The lowest BCUT2D eigenvalue weighted by molar-refractivity contribution is -0.129. The van der Waals surface area contributed by atoms with Crippen molar-refractivity contribution in [2.45, 2.75) is 6.92 Å². The summed E-state index contributed by atoms with van der Waals surface area (Å²) in [6.45, 7) is 4.03. The molecule has 1 fully saturated rings. The lowest BCUT2D eigenvalue weighted by Gasteiger charge is -2.35. The van der Waals surface area contributed by atoms with Crippen molar-refractivity contribution in [2.75, 3.05) is 36.4 Å². The van der Waals surface area contributed by atoms with Crippen molar-refractivity contribution in [1.82, 2.24) is 4.90 Å². The highest BCUT2D eigenvalue weighted by molar-refractivity contribution is 6.04. The minimum Gasteiger partial charge on any atom is -0.368 e. The van der Waals surface area contributed by atoms with Crippen molar-refractivity contribution in [1.29, 1.82) is 0 Å². The first-order valence-corrected chi connectivity index (χ1v) is 8.42. The van der Waals surface area contributed by atoms with Crippen LogP contribution in [0.4, 0.5) is 24.5 Å². The van der Waals surface area contributed by atoms with Gasteiger partial charge in [0.15, 0.2) is 17.5 Å². The summed E-state index contributed by atoms with van der Waals surface area (Å²) >= 11 is 0. The molecular weight excluding hydrogens is 359 g/mol. The van der Waals surface area contributed by atoms with Crippen LogP contribution in [0.1, 0.15) is 17.3 Å². The molecule has 1 aliphatic heterocycles. The molecule has 3 rings (SSSR count). The molecule has 0 radical (unpaired) electrons. The van der Waals surface area contributed by atoms with E-state index in [0.29, 0.717) is 37.9 Å². The number of benzene rings is 2. The van der Waals surface area contributed by atoms with E-state index in [4.69, 9.17) is 0 Å². The number of piperazine rings is 1. The van der Waals surface area contributed by atoms with E-state index in [9.17, 15) is 22.8 Å². The van der Waals surface area contributed by atoms with Gasteiger partial charge in [0, 0.05) is 44.5 Å². The topological polar surface area (TPSA) is 52.7 Å². The third kappa shape index (κ3) is 4.05. The molecule has 2 aromatic carbocycles. The predicted octanol–water partition coefficient (Wildman–Crippen LogP) is 3.02. The molecule has 27 heavy (non-hydrogen) atoms. The third-order valence-electron chi connectivity index (χ3n) is 4.47. The number of nitrogens with zero attached hydrogens (tertiary/aromatic N) is 2. The third-order valence-corrected chi connectivity index (χ3v) is 4.47. The summed E-state index contributed by atoms with van der Waals surface area (Å²) in [4.78, 5) is 27.4. The molecule has 2 amide bonds. The van der Waals surface area contributed by atoms with Crippen LogP contribution in [-0.4, -0.2) is 42.9 Å². The largest absolute Gasteiger partial charge is 0.368 e. The average molecular weight is 377 g/mol. The molecule has 2 aromatic rings. The van der Waals surface area contributed by atoms with Crippen molar-refractivity contribution < 1.29 is 22.8 Å². The number of anilines is 2. The predicted molar refractivity (Wildman–Crippen MR) is 95.2 cm³/mol. The molecule has 0 spiro atoms. The fourth-order valence-electron chi connectivity index (χ4n) is 2.96. The van der Waals surface area contributed by atoms with Gasteiger partial charge in [0.1, 0.15) is 0 Å². The van der Waals surface area contributed by atoms with Crippen molar-refractivity contribution in [3.05, 3.63) is 59.4 Å². The Morgan fingerprint density at radius 2 is 1.67 bits per heavy atom. The molecule has 0 atom stereocenters. The molecular formula is C19H18F3N3O2. The molecule has 0 aliphatic carbocycles. The fraction of sp³-hybridized carbons (Fsp3) is 0.263. The molecule has 1 N–H and O–H groups in total. The summed E-state index contributed by atoms with van der Waals surface area (Å²) in [5.74, 6) is -5.39. The van der Waals surface area contributed by atoms with Crippen LogP contribution in [0.3, 0.4) is 0 Å². The number of hydrogen-bond donors (Lipinski definition) is 1. The normalized spacial score (nSPS) is 14.2. The first-order valence-electron chi connectivity index (χ1n) is 8.42. The average Bonchev–Trinajstić information content (AvgIpc) is 2.66. The van der Waals surface area contributed by atoms with Gasteiger partial charge in [-0.25, -0.2) is 13.2 Å². The van der Waals surface area contributed by atoms with E-state index in [1.165, 1.54) is 6.92 Å². The van der Waals surface area contributed by atoms with Gasteiger partial charge in [-0.1, -0.05) is 6.07 Å².